The summed E-state index contributed by atoms with van der Waals surface area (Å²) in [6, 6.07) is 7.63. The Labute approximate surface area is 151 Å². The Hall–Kier alpha value is -2.03. The van der Waals surface area contributed by atoms with Gasteiger partial charge >= 0.3 is 0 Å². The van der Waals surface area contributed by atoms with Crippen molar-refractivity contribution in [3.8, 4) is 11.8 Å². The number of hydrogen-bond acceptors (Lipinski definition) is 4. The molecular formula is C18H19ClN2O2S. The van der Waals surface area contributed by atoms with Crippen LogP contribution in [-0.4, -0.2) is 12.5 Å². The van der Waals surface area contributed by atoms with E-state index in [0.717, 1.165) is 21.8 Å². The quantitative estimate of drug-likeness (QED) is 0.736. The van der Waals surface area contributed by atoms with Crippen LogP contribution in [0.2, 0.25) is 5.02 Å². The summed E-state index contributed by atoms with van der Waals surface area (Å²) in [6.07, 6.45) is 0.937. The van der Waals surface area contributed by atoms with Crippen LogP contribution in [0.4, 0.5) is 5.00 Å². The molecule has 0 aliphatic heterocycles. The molecule has 0 spiro atoms. The molecule has 0 aliphatic rings. The van der Waals surface area contributed by atoms with E-state index >= 15 is 0 Å². The highest BCUT2D eigenvalue weighted by atomic mass is 35.5. The summed E-state index contributed by atoms with van der Waals surface area (Å²) >= 11 is 7.40. The molecule has 0 unspecified atom stereocenters. The van der Waals surface area contributed by atoms with Crippen molar-refractivity contribution in [2.24, 2.45) is 0 Å². The highest BCUT2D eigenvalue weighted by Gasteiger charge is 2.14. The Morgan fingerprint density at radius 1 is 1.38 bits per heavy atom. The smallest absolute Gasteiger partial charge is 0.225 e. The molecule has 4 nitrogen and oxygen atoms in total. The fourth-order valence-electron chi connectivity index (χ4n) is 2.17. The van der Waals surface area contributed by atoms with Crippen LogP contribution in [0.25, 0.3) is 0 Å². The predicted molar refractivity (Wildman–Crippen MR) is 98.1 cm³/mol. The Morgan fingerprint density at radius 3 is 2.79 bits per heavy atom. The van der Waals surface area contributed by atoms with Crippen molar-refractivity contribution in [1.29, 1.82) is 5.26 Å². The van der Waals surface area contributed by atoms with Crippen LogP contribution in [0.3, 0.4) is 0 Å². The molecule has 24 heavy (non-hydrogen) atoms. The van der Waals surface area contributed by atoms with Crippen molar-refractivity contribution < 1.29 is 9.53 Å². The maximum Gasteiger partial charge on any atom is 0.225 e. The van der Waals surface area contributed by atoms with E-state index in [1.165, 1.54) is 11.3 Å². The second-order valence-electron chi connectivity index (χ2n) is 5.51. The number of benzene rings is 1. The Kier molecular flexibility index (Phi) is 6.24. The van der Waals surface area contributed by atoms with E-state index in [-0.39, 0.29) is 5.91 Å². The van der Waals surface area contributed by atoms with Gasteiger partial charge in [0.1, 0.15) is 16.8 Å². The Bertz CT molecular complexity index is 793. The SMILES string of the molecule is Cc1cc(OCCCC(=O)Nc2sc(C)c(C)c2C#N)ccc1Cl. The molecule has 1 heterocycles. The number of aryl methyl sites for hydroxylation is 2. The van der Waals surface area contributed by atoms with Crippen LogP contribution in [0.5, 0.6) is 5.75 Å². The number of halogens is 1. The summed E-state index contributed by atoms with van der Waals surface area (Å²) in [5, 5.41) is 13.3. The normalized spacial score (nSPS) is 10.3. The summed E-state index contributed by atoms with van der Waals surface area (Å²) in [6.45, 7) is 6.20. The van der Waals surface area contributed by atoms with Crippen molar-refractivity contribution >= 4 is 33.8 Å². The molecule has 1 aromatic carbocycles. The lowest BCUT2D eigenvalue weighted by molar-refractivity contribution is -0.116. The zero-order chi connectivity index (χ0) is 17.7. The molecule has 1 aromatic heterocycles. The van der Waals surface area contributed by atoms with Gasteiger partial charge < -0.3 is 10.1 Å². The Balaban J connectivity index is 1.81. The summed E-state index contributed by atoms with van der Waals surface area (Å²) in [7, 11) is 0. The van der Waals surface area contributed by atoms with Gasteiger partial charge in [0.25, 0.3) is 0 Å². The van der Waals surface area contributed by atoms with Gasteiger partial charge in [0.05, 0.1) is 12.2 Å². The minimum atomic E-state index is -0.108. The summed E-state index contributed by atoms with van der Waals surface area (Å²) in [4.78, 5) is 13.1. The molecule has 2 aromatic rings. The van der Waals surface area contributed by atoms with Gasteiger partial charge in [-0.2, -0.15) is 5.26 Å². The molecule has 0 atom stereocenters. The third-order valence-corrected chi connectivity index (χ3v) is 5.24. The number of hydrogen-bond donors (Lipinski definition) is 1. The van der Waals surface area contributed by atoms with E-state index in [9.17, 15) is 10.1 Å². The number of nitriles is 1. The molecule has 6 heteroatoms. The molecule has 0 radical (unpaired) electrons. The summed E-state index contributed by atoms with van der Waals surface area (Å²) in [5.41, 5.74) is 2.44. The molecule has 2 rings (SSSR count). The highest BCUT2D eigenvalue weighted by Crippen LogP contribution is 2.31. The van der Waals surface area contributed by atoms with Crippen molar-refractivity contribution in [3.05, 3.63) is 44.8 Å². The number of rotatable bonds is 6. The second-order valence-corrected chi connectivity index (χ2v) is 7.14. The van der Waals surface area contributed by atoms with E-state index in [4.69, 9.17) is 16.3 Å². The van der Waals surface area contributed by atoms with Crippen molar-refractivity contribution in [2.75, 3.05) is 11.9 Å². The van der Waals surface area contributed by atoms with Crippen molar-refractivity contribution in [3.63, 3.8) is 0 Å². The summed E-state index contributed by atoms with van der Waals surface area (Å²) < 4.78 is 5.62. The maximum absolute atomic E-state index is 12.0. The highest BCUT2D eigenvalue weighted by molar-refractivity contribution is 7.16. The van der Waals surface area contributed by atoms with E-state index in [0.29, 0.717) is 35.0 Å². The zero-order valence-electron chi connectivity index (χ0n) is 13.9. The van der Waals surface area contributed by atoms with E-state index in [2.05, 4.69) is 11.4 Å². The molecule has 0 saturated carbocycles. The first-order valence-corrected chi connectivity index (χ1v) is 8.80. The fraction of sp³-hybridized carbons (Fsp3) is 0.333. The minimum absolute atomic E-state index is 0.108. The van der Waals surface area contributed by atoms with Gasteiger partial charge in [-0.05, 0) is 56.5 Å². The van der Waals surface area contributed by atoms with Crippen molar-refractivity contribution in [1.82, 2.24) is 0 Å². The van der Waals surface area contributed by atoms with E-state index < -0.39 is 0 Å². The third-order valence-electron chi connectivity index (χ3n) is 3.70. The molecule has 0 fully saturated rings. The standard InChI is InChI=1S/C18H19ClN2O2S/c1-11-9-14(6-7-16(11)19)23-8-4-5-17(22)21-18-15(10-20)12(2)13(3)24-18/h6-7,9H,4-5,8H2,1-3H3,(H,21,22). The van der Waals surface area contributed by atoms with Crippen LogP contribution in [-0.2, 0) is 4.79 Å². The molecular weight excluding hydrogens is 344 g/mol. The van der Waals surface area contributed by atoms with Crippen molar-refractivity contribution in [2.45, 2.75) is 33.6 Å². The first-order chi connectivity index (χ1) is 11.4. The van der Waals surface area contributed by atoms with Gasteiger partial charge in [0.2, 0.25) is 5.91 Å². The number of amides is 1. The average Bonchev–Trinajstić information content (AvgIpc) is 2.81. The van der Waals surface area contributed by atoms with Gasteiger partial charge in [0.15, 0.2) is 0 Å². The number of carbonyl (C=O) groups is 1. The number of anilines is 1. The molecule has 0 saturated heterocycles. The predicted octanol–water partition coefficient (Wildman–Crippen LogP) is 5.00. The van der Waals surface area contributed by atoms with Gasteiger partial charge in [-0.3, -0.25) is 4.79 Å². The summed E-state index contributed by atoms with van der Waals surface area (Å²) in [5.74, 6) is 0.636. The molecule has 0 bridgehead atoms. The monoisotopic (exact) mass is 362 g/mol. The van der Waals surface area contributed by atoms with Crippen LogP contribution in [0.15, 0.2) is 18.2 Å². The average molecular weight is 363 g/mol. The first kappa shape index (κ1) is 18.3. The zero-order valence-corrected chi connectivity index (χ0v) is 15.5. The number of ether oxygens (including phenoxy) is 1. The lowest BCUT2D eigenvalue weighted by atomic mass is 10.2. The topological polar surface area (TPSA) is 62.1 Å². The largest absolute Gasteiger partial charge is 0.494 e. The maximum atomic E-state index is 12.0. The van der Waals surface area contributed by atoms with E-state index in [1.807, 2.05) is 32.9 Å². The van der Waals surface area contributed by atoms with Crippen LogP contribution >= 0.6 is 22.9 Å². The molecule has 126 valence electrons. The second kappa shape index (κ2) is 8.18. The lowest BCUT2D eigenvalue weighted by Gasteiger charge is -2.08. The third kappa shape index (κ3) is 4.50. The first-order valence-electron chi connectivity index (χ1n) is 7.61. The van der Waals surface area contributed by atoms with Gasteiger partial charge in [-0.25, -0.2) is 0 Å². The van der Waals surface area contributed by atoms with Gasteiger partial charge in [-0.15, -0.1) is 11.3 Å². The fourth-order valence-corrected chi connectivity index (χ4v) is 3.31. The number of nitrogens with one attached hydrogen (secondary N) is 1. The van der Waals surface area contributed by atoms with Gasteiger partial charge in [0, 0.05) is 16.3 Å². The van der Waals surface area contributed by atoms with Crippen LogP contribution in [0.1, 0.15) is 34.4 Å². The molecule has 0 aliphatic carbocycles. The number of carbonyl (C=O) groups excluding carboxylic acids is 1. The van der Waals surface area contributed by atoms with E-state index in [1.54, 1.807) is 6.07 Å². The molecule has 1 amide bonds. The number of nitrogens with zero attached hydrogens (tertiary/aromatic N) is 1. The Morgan fingerprint density at radius 2 is 2.12 bits per heavy atom. The lowest BCUT2D eigenvalue weighted by Crippen LogP contribution is -2.12. The van der Waals surface area contributed by atoms with Crippen LogP contribution in [0, 0.1) is 32.1 Å². The minimum Gasteiger partial charge on any atom is -0.494 e. The van der Waals surface area contributed by atoms with Crippen LogP contribution < -0.4 is 10.1 Å². The number of thiophene rings is 1. The molecule has 1 N–H and O–H groups in total. The van der Waals surface area contributed by atoms with Gasteiger partial charge in [-0.1, -0.05) is 11.6 Å².